The molecule has 0 saturated heterocycles. The molecule has 0 saturated carbocycles. The lowest BCUT2D eigenvalue weighted by Crippen LogP contribution is -1.74. The van der Waals surface area contributed by atoms with Crippen molar-refractivity contribution < 1.29 is 4.42 Å². The first kappa shape index (κ1) is 9.93. The van der Waals surface area contributed by atoms with Crippen LogP contribution in [-0.2, 0) is 5.75 Å². The summed E-state index contributed by atoms with van der Waals surface area (Å²) in [6, 6.07) is 12.1. The predicted octanol–water partition coefficient (Wildman–Crippen LogP) is 4.18. The Hall–Kier alpha value is -1.26. The van der Waals surface area contributed by atoms with E-state index in [-0.39, 0.29) is 0 Å². The number of fused-ring (bicyclic) bond motifs is 1. The molecule has 0 spiro atoms. The minimum absolute atomic E-state index is 0.840. The molecule has 0 aliphatic rings. The zero-order valence-electron chi connectivity index (χ0n) is 8.42. The quantitative estimate of drug-likeness (QED) is 0.649. The molecule has 0 unspecified atom stereocenters. The van der Waals surface area contributed by atoms with Crippen LogP contribution in [0.15, 0.2) is 51.4 Å². The summed E-state index contributed by atoms with van der Waals surface area (Å²) in [5.74, 6) is 1.83. The SMILES string of the molecule is c1coc(CSc2nc3ccccc3s2)c1. The lowest BCUT2D eigenvalue weighted by atomic mass is 10.3. The van der Waals surface area contributed by atoms with Gasteiger partial charge >= 0.3 is 0 Å². The Balaban J connectivity index is 1.79. The maximum Gasteiger partial charge on any atom is 0.151 e. The van der Waals surface area contributed by atoms with Gasteiger partial charge in [-0.3, -0.25) is 0 Å². The van der Waals surface area contributed by atoms with E-state index in [1.165, 1.54) is 4.70 Å². The van der Waals surface area contributed by atoms with Gasteiger partial charge in [0.05, 0.1) is 22.2 Å². The number of thioether (sulfide) groups is 1. The van der Waals surface area contributed by atoms with Crippen LogP contribution in [0.25, 0.3) is 10.2 Å². The summed E-state index contributed by atoms with van der Waals surface area (Å²) in [5, 5.41) is 0. The highest BCUT2D eigenvalue weighted by atomic mass is 32.2. The van der Waals surface area contributed by atoms with Gasteiger partial charge in [0.15, 0.2) is 4.34 Å². The second kappa shape index (κ2) is 4.31. The van der Waals surface area contributed by atoms with Gasteiger partial charge in [0, 0.05) is 0 Å². The van der Waals surface area contributed by atoms with E-state index in [9.17, 15) is 0 Å². The Labute approximate surface area is 101 Å². The van der Waals surface area contributed by atoms with Crippen LogP contribution in [0.4, 0.5) is 0 Å². The maximum atomic E-state index is 5.29. The average Bonchev–Trinajstić information content (AvgIpc) is 2.95. The van der Waals surface area contributed by atoms with Crippen LogP contribution in [0.5, 0.6) is 0 Å². The fraction of sp³-hybridized carbons (Fsp3) is 0.0833. The summed E-state index contributed by atoms with van der Waals surface area (Å²) >= 11 is 3.45. The molecule has 0 radical (unpaired) electrons. The topological polar surface area (TPSA) is 26.0 Å². The van der Waals surface area contributed by atoms with E-state index in [1.807, 2.05) is 30.3 Å². The van der Waals surface area contributed by atoms with Gasteiger partial charge < -0.3 is 4.42 Å². The summed E-state index contributed by atoms with van der Waals surface area (Å²) in [4.78, 5) is 4.55. The lowest BCUT2D eigenvalue weighted by molar-refractivity contribution is 0.530. The number of aromatic nitrogens is 1. The van der Waals surface area contributed by atoms with Crippen LogP contribution in [0.1, 0.15) is 5.76 Å². The third-order valence-electron chi connectivity index (χ3n) is 2.19. The Bertz CT molecular complexity index is 553. The van der Waals surface area contributed by atoms with Crippen molar-refractivity contribution in [2.24, 2.45) is 0 Å². The van der Waals surface area contributed by atoms with E-state index in [1.54, 1.807) is 29.4 Å². The van der Waals surface area contributed by atoms with Crippen molar-refractivity contribution in [3.05, 3.63) is 48.4 Å². The van der Waals surface area contributed by atoms with Crippen LogP contribution in [0.3, 0.4) is 0 Å². The van der Waals surface area contributed by atoms with Crippen molar-refractivity contribution in [2.45, 2.75) is 10.1 Å². The van der Waals surface area contributed by atoms with Crippen molar-refractivity contribution in [1.29, 1.82) is 0 Å². The monoisotopic (exact) mass is 247 g/mol. The molecule has 2 nitrogen and oxygen atoms in total. The molecular formula is C12H9NOS2. The molecular weight excluding hydrogens is 238 g/mol. The average molecular weight is 247 g/mol. The van der Waals surface area contributed by atoms with Gasteiger partial charge in [-0.2, -0.15) is 0 Å². The van der Waals surface area contributed by atoms with Gasteiger partial charge in [-0.25, -0.2) is 4.98 Å². The molecule has 80 valence electrons. The molecule has 0 amide bonds. The maximum absolute atomic E-state index is 5.29. The second-order valence-corrected chi connectivity index (χ2v) is 5.57. The van der Waals surface area contributed by atoms with Gasteiger partial charge in [0.2, 0.25) is 0 Å². The highest BCUT2D eigenvalue weighted by molar-refractivity contribution is 8.00. The highest BCUT2D eigenvalue weighted by Gasteiger charge is 2.04. The number of hydrogen-bond acceptors (Lipinski definition) is 4. The van der Waals surface area contributed by atoms with Crippen molar-refractivity contribution in [3.63, 3.8) is 0 Å². The van der Waals surface area contributed by atoms with E-state index in [0.717, 1.165) is 21.4 Å². The first-order chi connectivity index (χ1) is 7.92. The van der Waals surface area contributed by atoms with E-state index < -0.39 is 0 Å². The lowest BCUT2D eigenvalue weighted by Gasteiger charge is -1.91. The first-order valence-corrected chi connectivity index (χ1v) is 6.73. The van der Waals surface area contributed by atoms with Crippen molar-refractivity contribution in [1.82, 2.24) is 4.98 Å². The highest BCUT2D eigenvalue weighted by Crippen LogP contribution is 2.31. The Morgan fingerprint density at radius 2 is 2.12 bits per heavy atom. The number of thiazole rings is 1. The molecule has 0 aliphatic heterocycles. The summed E-state index contributed by atoms with van der Waals surface area (Å²) in [6.07, 6.45) is 1.70. The van der Waals surface area contributed by atoms with Gasteiger partial charge in [-0.05, 0) is 24.3 Å². The van der Waals surface area contributed by atoms with Crippen LogP contribution in [-0.4, -0.2) is 4.98 Å². The smallest absolute Gasteiger partial charge is 0.151 e. The van der Waals surface area contributed by atoms with Crippen LogP contribution in [0.2, 0.25) is 0 Å². The van der Waals surface area contributed by atoms with Crippen molar-refractivity contribution in [3.8, 4) is 0 Å². The molecule has 0 atom stereocenters. The molecule has 0 aliphatic carbocycles. The number of rotatable bonds is 3. The molecule has 4 heteroatoms. The summed E-state index contributed by atoms with van der Waals surface area (Å²) in [6.45, 7) is 0. The largest absolute Gasteiger partial charge is 0.468 e. The van der Waals surface area contributed by atoms with Gasteiger partial charge in [-0.1, -0.05) is 23.9 Å². The number of para-hydroxylation sites is 1. The fourth-order valence-electron chi connectivity index (χ4n) is 1.44. The zero-order valence-corrected chi connectivity index (χ0v) is 10.1. The standard InChI is InChI=1S/C12H9NOS2/c1-2-6-11-10(5-1)13-12(16-11)15-8-9-4-3-7-14-9/h1-7H,8H2. The van der Waals surface area contributed by atoms with E-state index >= 15 is 0 Å². The third-order valence-corrected chi connectivity index (χ3v) is 4.39. The summed E-state index contributed by atoms with van der Waals surface area (Å²) in [7, 11) is 0. The van der Waals surface area contributed by atoms with E-state index in [4.69, 9.17) is 4.42 Å². The summed E-state index contributed by atoms with van der Waals surface area (Å²) < 4.78 is 7.62. The van der Waals surface area contributed by atoms with E-state index in [2.05, 4.69) is 11.1 Å². The molecule has 0 fully saturated rings. The van der Waals surface area contributed by atoms with Crippen molar-refractivity contribution >= 4 is 33.3 Å². The van der Waals surface area contributed by atoms with Gasteiger partial charge in [0.25, 0.3) is 0 Å². The summed E-state index contributed by atoms with van der Waals surface area (Å²) in [5.41, 5.74) is 1.08. The number of nitrogens with zero attached hydrogens (tertiary/aromatic N) is 1. The number of hydrogen-bond donors (Lipinski definition) is 0. The molecule has 3 rings (SSSR count). The number of benzene rings is 1. The second-order valence-electron chi connectivity index (χ2n) is 3.32. The number of furan rings is 1. The molecule has 2 heterocycles. The minimum Gasteiger partial charge on any atom is -0.468 e. The van der Waals surface area contributed by atoms with Crippen molar-refractivity contribution in [2.75, 3.05) is 0 Å². The van der Waals surface area contributed by atoms with Crippen LogP contribution in [0, 0.1) is 0 Å². The molecule has 16 heavy (non-hydrogen) atoms. The molecule has 0 bridgehead atoms. The van der Waals surface area contributed by atoms with E-state index in [0.29, 0.717) is 0 Å². The Morgan fingerprint density at radius 1 is 1.19 bits per heavy atom. The fourth-order valence-corrected chi connectivity index (χ4v) is 3.41. The first-order valence-electron chi connectivity index (χ1n) is 4.92. The molecule has 2 aromatic heterocycles. The predicted molar refractivity (Wildman–Crippen MR) is 67.9 cm³/mol. The third kappa shape index (κ3) is 1.99. The minimum atomic E-state index is 0.840. The Kier molecular flexibility index (Phi) is 2.68. The normalized spacial score (nSPS) is 11.0. The molecule has 1 aromatic carbocycles. The van der Waals surface area contributed by atoms with Gasteiger partial charge in [-0.15, -0.1) is 11.3 Å². The molecule has 0 N–H and O–H groups in total. The molecule has 3 aromatic rings. The van der Waals surface area contributed by atoms with Gasteiger partial charge in [0.1, 0.15) is 5.76 Å². The Morgan fingerprint density at radius 3 is 2.94 bits per heavy atom. The van der Waals surface area contributed by atoms with Crippen LogP contribution >= 0.6 is 23.1 Å². The zero-order chi connectivity index (χ0) is 10.8. The van der Waals surface area contributed by atoms with Crippen LogP contribution < -0.4 is 0 Å².